The minimum Gasteiger partial charge on any atom is -0.489 e. The number of aromatic nitrogens is 2. The van der Waals surface area contributed by atoms with Gasteiger partial charge in [-0.2, -0.15) is 0 Å². The second-order valence-corrected chi connectivity index (χ2v) is 11.5. The topological polar surface area (TPSA) is 84.5 Å². The number of carbonyl (C=O) groups is 2. The molecule has 0 saturated carbocycles. The van der Waals surface area contributed by atoms with Crippen molar-refractivity contribution in [3.05, 3.63) is 95.4 Å². The summed E-state index contributed by atoms with van der Waals surface area (Å²) in [6, 6.07) is 18.7. The van der Waals surface area contributed by atoms with Gasteiger partial charge in [0.25, 0.3) is 0 Å². The van der Waals surface area contributed by atoms with E-state index >= 15 is 0 Å². The number of ketones is 1. The molecule has 1 fully saturated rings. The lowest BCUT2D eigenvalue weighted by Crippen LogP contribution is -2.45. The van der Waals surface area contributed by atoms with Crippen molar-refractivity contribution in [3.63, 3.8) is 0 Å². The maximum atomic E-state index is 14.1. The van der Waals surface area contributed by atoms with Gasteiger partial charge in [0.05, 0.1) is 5.52 Å². The minimum atomic E-state index is -0.690. The zero-order valence-electron chi connectivity index (χ0n) is 21.9. The Bertz CT molecular complexity index is 1450. The standard InChI is InChI=1S/C30H31N3O4S/c1-19-26(23-13-12-22(15-24(23)32-19)36-17-20-9-6-5-7-10-20)27(34)25-18-38-28(21-11-8-14-31-16-21)33(25)29(35)37-30(2,3)4/h5-16,25,28,32H,17-18H2,1-4H3/t25-,28?/m0/s1. The van der Waals surface area contributed by atoms with Gasteiger partial charge in [-0.05, 0) is 51.5 Å². The molecule has 196 valence electrons. The lowest BCUT2D eigenvalue weighted by Gasteiger charge is -2.31. The molecule has 1 amide bonds. The van der Waals surface area contributed by atoms with Gasteiger partial charge in [-0.25, -0.2) is 4.79 Å². The highest BCUT2D eigenvalue weighted by molar-refractivity contribution is 7.99. The molecule has 5 rings (SSSR count). The molecule has 0 spiro atoms. The first kappa shape index (κ1) is 25.9. The second kappa shape index (κ2) is 10.5. The molecule has 0 aliphatic carbocycles. The number of amides is 1. The van der Waals surface area contributed by atoms with E-state index in [4.69, 9.17) is 9.47 Å². The maximum Gasteiger partial charge on any atom is 0.412 e. The number of thioether (sulfide) groups is 1. The Morgan fingerprint density at radius 3 is 2.61 bits per heavy atom. The number of pyridine rings is 1. The number of aromatic amines is 1. The van der Waals surface area contributed by atoms with Gasteiger partial charge in [-0.1, -0.05) is 36.4 Å². The third-order valence-electron chi connectivity index (χ3n) is 6.33. The molecule has 1 N–H and O–H groups in total. The summed E-state index contributed by atoms with van der Waals surface area (Å²) >= 11 is 1.54. The number of hydrogen-bond acceptors (Lipinski definition) is 6. The zero-order chi connectivity index (χ0) is 26.9. The van der Waals surface area contributed by atoms with Crippen molar-refractivity contribution in [1.29, 1.82) is 0 Å². The van der Waals surface area contributed by atoms with Gasteiger partial charge >= 0.3 is 6.09 Å². The molecule has 8 heteroatoms. The number of carbonyl (C=O) groups excluding carboxylic acids is 2. The van der Waals surface area contributed by atoms with Gasteiger partial charge in [-0.15, -0.1) is 11.8 Å². The summed E-state index contributed by atoms with van der Waals surface area (Å²) in [5.41, 5.74) is 3.40. The van der Waals surface area contributed by atoms with E-state index in [1.807, 2.05) is 88.4 Å². The Labute approximate surface area is 226 Å². The van der Waals surface area contributed by atoms with Crippen molar-refractivity contribution in [2.24, 2.45) is 0 Å². The summed E-state index contributed by atoms with van der Waals surface area (Å²) in [5, 5.41) is 0.439. The van der Waals surface area contributed by atoms with Crippen LogP contribution in [0.2, 0.25) is 0 Å². The maximum absolute atomic E-state index is 14.1. The van der Waals surface area contributed by atoms with Crippen LogP contribution in [-0.4, -0.2) is 44.1 Å². The van der Waals surface area contributed by atoms with Crippen LogP contribution >= 0.6 is 11.8 Å². The summed E-state index contributed by atoms with van der Waals surface area (Å²) < 4.78 is 11.7. The number of hydrogen-bond donors (Lipinski definition) is 1. The van der Waals surface area contributed by atoms with Crippen LogP contribution in [0.3, 0.4) is 0 Å². The Morgan fingerprint density at radius 2 is 1.89 bits per heavy atom. The first-order chi connectivity index (χ1) is 18.2. The average molecular weight is 530 g/mol. The van der Waals surface area contributed by atoms with Gasteiger partial charge in [0.1, 0.15) is 29.4 Å². The fourth-order valence-electron chi connectivity index (χ4n) is 4.65. The molecule has 7 nitrogen and oxygen atoms in total. The first-order valence-electron chi connectivity index (χ1n) is 12.6. The predicted molar refractivity (Wildman–Crippen MR) is 149 cm³/mol. The van der Waals surface area contributed by atoms with Crippen molar-refractivity contribution in [1.82, 2.24) is 14.9 Å². The van der Waals surface area contributed by atoms with Crippen LogP contribution in [0.25, 0.3) is 10.9 Å². The SMILES string of the molecule is Cc1[nH]c2cc(OCc3ccccc3)ccc2c1C(=O)[C@@H]1CSC(c2cccnc2)N1C(=O)OC(C)(C)C. The number of Topliss-reactive ketones (excluding diaryl/α,β-unsaturated/α-hetero) is 1. The van der Waals surface area contributed by atoms with E-state index < -0.39 is 17.7 Å². The van der Waals surface area contributed by atoms with Crippen LogP contribution < -0.4 is 4.74 Å². The highest BCUT2D eigenvalue weighted by atomic mass is 32.2. The number of benzene rings is 2. The molecule has 0 bridgehead atoms. The molecule has 2 aromatic heterocycles. The Hall–Kier alpha value is -3.78. The summed E-state index contributed by atoms with van der Waals surface area (Å²) in [6.07, 6.45) is 2.91. The summed E-state index contributed by atoms with van der Waals surface area (Å²) in [5.74, 6) is 1.06. The fourth-order valence-corrected chi connectivity index (χ4v) is 6.05. The number of aryl methyl sites for hydroxylation is 1. The van der Waals surface area contributed by atoms with E-state index in [0.717, 1.165) is 27.7 Å². The minimum absolute atomic E-state index is 0.114. The lowest BCUT2D eigenvalue weighted by atomic mass is 10.0. The number of nitrogens with one attached hydrogen (secondary N) is 1. The van der Waals surface area contributed by atoms with Crippen LogP contribution in [0.15, 0.2) is 73.1 Å². The quantitative estimate of drug-likeness (QED) is 0.280. The molecule has 2 atom stereocenters. The third-order valence-corrected chi connectivity index (χ3v) is 7.65. The molecule has 4 aromatic rings. The molecule has 1 aliphatic heterocycles. The van der Waals surface area contributed by atoms with Crippen molar-refractivity contribution >= 4 is 34.5 Å². The first-order valence-corrected chi connectivity index (χ1v) is 13.6. The number of fused-ring (bicyclic) bond motifs is 1. The second-order valence-electron chi connectivity index (χ2n) is 10.3. The number of nitrogens with zero attached hydrogens (tertiary/aromatic N) is 2. The van der Waals surface area contributed by atoms with Crippen molar-refractivity contribution in [2.45, 2.75) is 51.3 Å². The smallest absolute Gasteiger partial charge is 0.412 e. The van der Waals surface area contributed by atoms with Crippen LogP contribution in [0.5, 0.6) is 5.75 Å². The van der Waals surface area contributed by atoms with E-state index in [1.165, 1.54) is 0 Å². The zero-order valence-corrected chi connectivity index (χ0v) is 22.7. The molecule has 2 aromatic carbocycles. The van der Waals surface area contributed by atoms with Crippen molar-refractivity contribution in [3.8, 4) is 5.75 Å². The van der Waals surface area contributed by atoms with Crippen LogP contribution in [0.1, 0.15) is 53.3 Å². The van der Waals surface area contributed by atoms with E-state index in [1.54, 1.807) is 29.1 Å². The van der Waals surface area contributed by atoms with E-state index in [2.05, 4.69) is 9.97 Å². The van der Waals surface area contributed by atoms with Gasteiger partial charge in [-0.3, -0.25) is 14.7 Å². The summed E-state index contributed by atoms with van der Waals surface area (Å²) in [6.45, 7) is 7.82. The van der Waals surface area contributed by atoms with Gasteiger partial charge in [0.15, 0.2) is 5.78 Å². The van der Waals surface area contributed by atoms with Crippen LogP contribution in [0.4, 0.5) is 4.79 Å². The number of rotatable bonds is 6. The Morgan fingerprint density at radius 1 is 1.11 bits per heavy atom. The summed E-state index contributed by atoms with van der Waals surface area (Å²) in [4.78, 5) is 36.6. The average Bonchev–Trinajstić information content (AvgIpc) is 3.48. The molecule has 0 radical (unpaired) electrons. The largest absolute Gasteiger partial charge is 0.489 e. The molecule has 3 heterocycles. The normalized spacial score (nSPS) is 17.5. The van der Waals surface area contributed by atoms with E-state index in [0.29, 0.717) is 23.7 Å². The van der Waals surface area contributed by atoms with E-state index in [9.17, 15) is 9.59 Å². The molecule has 1 aliphatic rings. The highest BCUT2D eigenvalue weighted by Crippen LogP contribution is 2.43. The van der Waals surface area contributed by atoms with Crippen molar-refractivity contribution < 1.29 is 19.1 Å². The van der Waals surface area contributed by atoms with Gasteiger partial charge < -0.3 is 14.5 Å². The van der Waals surface area contributed by atoms with Gasteiger partial charge in [0.2, 0.25) is 0 Å². The molecular weight excluding hydrogens is 498 g/mol. The number of ether oxygens (including phenoxy) is 2. The Balaban J connectivity index is 1.44. The highest BCUT2D eigenvalue weighted by Gasteiger charge is 2.45. The predicted octanol–water partition coefficient (Wildman–Crippen LogP) is 6.68. The lowest BCUT2D eigenvalue weighted by molar-refractivity contribution is 0.0172. The fraction of sp³-hybridized carbons (Fsp3) is 0.300. The molecule has 38 heavy (non-hydrogen) atoms. The third kappa shape index (κ3) is 5.41. The monoisotopic (exact) mass is 529 g/mol. The molecule has 1 unspecified atom stereocenters. The Kier molecular flexibility index (Phi) is 7.17. The van der Waals surface area contributed by atoms with Crippen molar-refractivity contribution in [2.75, 3.05) is 5.75 Å². The van der Waals surface area contributed by atoms with Gasteiger partial charge in [0, 0.05) is 46.4 Å². The van der Waals surface area contributed by atoms with E-state index in [-0.39, 0.29) is 11.2 Å². The molecule has 1 saturated heterocycles. The van der Waals surface area contributed by atoms with Crippen LogP contribution in [0, 0.1) is 6.92 Å². The van der Waals surface area contributed by atoms with Crippen LogP contribution in [-0.2, 0) is 11.3 Å². The summed E-state index contributed by atoms with van der Waals surface area (Å²) in [7, 11) is 0. The number of H-pyrrole nitrogens is 1. The molecular formula is C30H31N3O4S.